The van der Waals surface area contributed by atoms with Gasteiger partial charge in [-0.3, -0.25) is 0 Å². The SMILES string of the molecule is C[Si](C)(CCC(F)(F)C(F)(F)C(F)(F)C(F)(F)C(F)(F)C(F)(F)F)C1C=CC=C1. The first-order valence-electron chi connectivity index (χ1n) is 7.87. The van der Waals surface area contributed by atoms with Gasteiger partial charge in [-0.2, -0.15) is 57.1 Å². The van der Waals surface area contributed by atoms with E-state index in [-0.39, 0.29) is 0 Å². The number of hydrogen-bond donors (Lipinski definition) is 0. The number of rotatable bonds is 8. The Balaban J connectivity index is 3.21. The highest BCUT2D eigenvalue weighted by molar-refractivity contribution is 6.79. The summed E-state index contributed by atoms with van der Waals surface area (Å²) < 4.78 is 170. The summed E-state index contributed by atoms with van der Waals surface area (Å²) in [5, 5.41) is 0. The third-order valence-corrected chi connectivity index (χ3v) is 8.46. The summed E-state index contributed by atoms with van der Waals surface area (Å²) >= 11 is 0. The van der Waals surface area contributed by atoms with E-state index >= 15 is 0 Å². The van der Waals surface area contributed by atoms with Crippen LogP contribution in [0.1, 0.15) is 6.42 Å². The summed E-state index contributed by atoms with van der Waals surface area (Å²) in [5.74, 6) is -36.4. The molecule has 14 heteroatoms. The lowest BCUT2D eigenvalue weighted by Crippen LogP contribution is -2.70. The number of halogens is 13. The molecule has 0 saturated carbocycles. The van der Waals surface area contributed by atoms with E-state index in [1.54, 1.807) is 0 Å². The van der Waals surface area contributed by atoms with Crippen LogP contribution in [-0.4, -0.2) is 43.9 Å². The van der Waals surface area contributed by atoms with E-state index in [2.05, 4.69) is 0 Å². The Morgan fingerprint density at radius 3 is 1.38 bits per heavy atom. The van der Waals surface area contributed by atoms with E-state index in [1.807, 2.05) is 0 Å². The van der Waals surface area contributed by atoms with E-state index in [0.717, 1.165) is 0 Å². The molecule has 0 aromatic carbocycles. The van der Waals surface area contributed by atoms with E-state index in [4.69, 9.17) is 0 Å². The summed E-state index contributed by atoms with van der Waals surface area (Å²) in [5.41, 5.74) is -0.469. The fourth-order valence-electron chi connectivity index (χ4n) is 2.56. The second-order valence-electron chi connectivity index (χ2n) is 7.28. The molecule has 0 N–H and O–H groups in total. The molecule has 0 radical (unpaired) electrons. The molecule has 1 rings (SSSR count). The van der Waals surface area contributed by atoms with Crippen LogP contribution < -0.4 is 0 Å². The highest BCUT2D eigenvalue weighted by atomic mass is 28.3. The van der Waals surface area contributed by atoms with Gasteiger partial charge in [0.2, 0.25) is 0 Å². The molecule has 0 bridgehead atoms. The summed E-state index contributed by atoms with van der Waals surface area (Å²) in [6, 6.07) is -0.827. The Kier molecular flexibility index (Phi) is 6.40. The van der Waals surface area contributed by atoms with Crippen LogP contribution in [0.2, 0.25) is 24.7 Å². The Hall–Kier alpha value is -1.21. The quantitative estimate of drug-likeness (QED) is 0.258. The van der Waals surface area contributed by atoms with Crippen molar-refractivity contribution in [2.75, 3.05) is 0 Å². The molecule has 0 nitrogen and oxygen atoms in total. The van der Waals surface area contributed by atoms with Crippen molar-refractivity contribution in [2.45, 2.75) is 66.9 Å². The van der Waals surface area contributed by atoms with Crippen LogP contribution in [0, 0.1) is 0 Å². The summed E-state index contributed by atoms with van der Waals surface area (Å²) in [7, 11) is -2.88. The Morgan fingerprint density at radius 2 is 1.00 bits per heavy atom. The maximum Gasteiger partial charge on any atom is 0.460 e. The van der Waals surface area contributed by atoms with Gasteiger partial charge in [0, 0.05) is 6.42 Å². The van der Waals surface area contributed by atoms with Crippen molar-refractivity contribution < 1.29 is 57.1 Å². The average Bonchev–Trinajstić information content (AvgIpc) is 3.06. The molecule has 1 aliphatic carbocycles. The lowest BCUT2D eigenvalue weighted by molar-refractivity contribution is -0.439. The van der Waals surface area contributed by atoms with Gasteiger partial charge in [-0.1, -0.05) is 43.4 Å². The molecule has 0 fully saturated rings. The molecule has 0 unspecified atom stereocenters. The van der Waals surface area contributed by atoms with Crippen LogP contribution in [-0.2, 0) is 0 Å². The topological polar surface area (TPSA) is 0 Å². The number of allylic oxidation sites excluding steroid dienone is 4. The molecule has 0 atom stereocenters. The van der Waals surface area contributed by atoms with Gasteiger partial charge >= 0.3 is 35.8 Å². The van der Waals surface area contributed by atoms with Crippen molar-refractivity contribution in [2.24, 2.45) is 0 Å². The van der Waals surface area contributed by atoms with Crippen molar-refractivity contribution in [3.05, 3.63) is 24.3 Å². The molecule has 29 heavy (non-hydrogen) atoms. The fraction of sp³-hybridized carbons (Fsp3) is 0.733. The molecule has 0 amide bonds. The minimum atomic E-state index is -7.84. The maximum absolute atomic E-state index is 13.8. The highest BCUT2D eigenvalue weighted by Gasteiger charge is 2.90. The minimum absolute atomic E-state index is 0.469. The molecule has 0 aromatic heterocycles. The van der Waals surface area contributed by atoms with Crippen molar-refractivity contribution in [1.29, 1.82) is 0 Å². The van der Waals surface area contributed by atoms with Gasteiger partial charge < -0.3 is 0 Å². The van der Waals surface area contributed by atoms with Gasteiger partial charge in [0.05, 0.1) is 8.07 Å². The molecule has 0 spiro atoms. The minimum Gasteiger partial charge on any atom is -0.200 e. The second kappa shape index (κ2) is 7.19. The zero-order valence-electron chi connectivity index (χ0n) is 14.7. The van der Waals surface area contributed by atoms with Crippen LogP contribution in [0.4, 0.5) is 57.1 Å². The normalized spacial score (nSPS) is 18.0. The third kappa shape index (κ3) is 4.04. The number of alkyl halides is 13. The summed E-state index contributed by atoms with van der Waals surface area (Å²) in [6.45, 7) is 2.80. The summed E-state index contributed by atoms with van der Waals surface area (Å²) in [4.78, 5) is 0. The summed E-state index contributed by atoms with van der Waals surface area (Å²) in [6.07, 6.45) is -3.48. The average molecular weight is 470 g/mol. The molecule has 0 aromatic rings. The zero-order chi connectivity index (χ0) is 23.3. The fourth-order valence-corrected chi connectivity index (χ4v) is 5.11. The predicted molar refractivity (Wildman–Crippen MR) is 79.7 cm³/mol. The van der Waals surface area contributed by atoms with Crippen LogP contribution in [0.5, 0.6) is 0 Å². The number of hydrogen-bond acceptors (Lipinski definition) is 0. The molecule has 0 heterocycles. The van der Waals surface area contributed by atoms with Crippen molar-refractivity contribution in [3.8, 4) is 0 Å². The predicted octanol–water partition coefficient (Wildman–Crippen LogP) is 7.32. The van der Waals surface area contributed by atoms with Crippen molar-refractivity contribution in [1.82, 2.24) is 0 Å². The molecular formula is C15H15F13Si. The first-order chi connectivity index (χ1) is 12.6. The molecule has 170 valence electrons. The van der Waals surface area contributed by atoms with Gasteiger partial charge in [0.1, 0.15) is 0 Å². The Bertz CT molecular complexity index is 646. The lowest BCUT2D eigenvalue weighted by Gasteiger charge is -2.40. The van der Waals surface area contributed by atoms with E-state index in [9.17, 15) is 57.1 Å². The van der Waals surface area contributed by atoms with Crippen LogP contribution >= 0.6 is 0 Å². The van der Waals surface area contributed by atoms with E-state index in [0.29, 0.717) is 0 Å². The van der Waals surface area contributed by atoms with Gasteiger partial charge in [0.25, 0.3) is 0 Å². The van der Waals surface area contributed by atoms with Crippen molar-refractivity contribution >= 4 is 8.07 Å². The van der Waals surface area contributed by atoms with E-state index < -0.39 is 61.9 Å². The molecular weight excluding hydrogens is 455 g/mol. The van der Waals surface area contributed by atoms with Gasteiger partial charge in [-0.15, -0.1) is 0 Å². The van der Waals surface area contributed by atoms with Gasteiger partial charge in [0.15, 0.2) is 0 Å². The standard InChI is InChI=1S/C15H15F13Si/c1-29(2,9-5-3-4-6-9)8-7-10(16,17)11(18,19)12(20,21)13(22,23)14(24,25)15(26,27)28/h3-6,9H,7-8H2,1-2H3. The monoisotopic (exact) mass is 470 g/mol. The van der Waals surface area contributed by atoms with Crippen LogP contribution in [0.25, 0.3) is 0 Å². The van der Waals surface area contributed by atoms with E-state index in [1.165, 1.54) is 37.4 Å². The second-order valence-corrected chi connectivity index (χ2v) is 12.4. The molecule has 0 saturated heterocycles. The lowest BCUT2D eigenvalue weighted by atomic mass is 9.93. The smallest absolute Gasteiger partial charge is 0.200 e. The zero-order valence-corrected chi connectivity index (χ0v) is 15.7. The van der Waals surface area contributed by atoms with Gasteiger partial charge in [-0.05, 0) is 5.54 Å². The largest absolute Gasteiger partial charge is 0.460 e. The maximum atomic E-state index is 13.8. The first-order valence-corrected chi connectivity index (χ1v) is 11.2. The highest BCUT2D eigenvalue weighted by Crippen LogP contribution is 2.61. The van der Waals surface area contributed by atoms with Crippen molar-refractivity contribution in [3.63, 3.8) is 0 Å². The van der Waals surface area contributed by atoms with Crippen LogP contribution in [0.3, 0.4) is 0 Å². The first kappa shape index (κ1) is 25.8. The Labute approximate surface area is 157 Å². The van der Waals surface area contributed by atoms with Crippen LogP contribution in [0.15, 0.2) is 24.3 Å². The molecule has 0 aliphatic heterocycles. The Morgan fingerprint density at radius 1 is 0.621 bits per heavy atom. The molecule has 1 aliphatic rings. The third-order valence-electron chi connectivity index (χ3n) is 4.73. The van der Waals surface area contributed by atoms with Gasteiger partial charge in [-0.25, -0.2) is 0 Å².